The molecule has 0 amide bonds. The van der Waals surface area contributed by atoms with Gasteiger partial charge >= 0.3 is 0 Å². The zero-order chi connectivity index (χ0) is 22.9. The second-order valence-corrected chi connectivity index (χ2v) is 10.2. The van der Waals surface area contributed by atoms with Crippen LogP contribution < -0.4 is 5.01 Å². The molecule has 8 heteroatoms. The molecule has 0 N–H and O–H groups in total. The molecule has 32 heavy (non-hydrogen) atoms. The summed E-state index contributed by atoms with van der Waals surface area (Å²) in [6, 6.07) is 15.2. The standard InChI is InChI=1S/C24H29ClN6O/c1-17-8-5-6-11-21(17)30-22(26-27-28-30)24(14-12-18(13-15-24)23(2,3)4)31(29-32)20-10-7-9-19(25)16-20/h5-11,16,18H,12-15H2,1-4H3. The van der Waals surface area contributed by atoms with Crippen LogP contribution >= 0.6 is 11.6 Å². The molecule has 2 aromatic carbocycles. The molecular formula is C24H29ClN6O. The molecule has 0 radical (unpaired) electrons. The van der Waals surface area contributed by atoms with Crippen molar-refractivity contribution in [2.75, 3.05) is 5.01 Å². The molecule has 0 unspecified atom stereocenters. The summed E-state index contributed by atoms with van der Waals surface area (Å²) in [5.74, 6) is 1.16. The fourth-order valence-electron chi connectivity index (χ4n) is 4.91. The Bertz CT molecular complexity index is 1100. The van der Waals surface area contributed by atoms with Crippen LogP contribution in [0.1, 0.15) is 57.8 Å². The van der Waals surface area contributed by atoms with E-state index in [4.69, 9.17) is 11.6 Å². The minimum atomic E-state index is -0.778. The van der Waals surface area contributed by atoms with E-state index in [1.54, 1.807) is 16.8 Å². The third-order valence-electron chi connectivity index (χ3n) is 6.81. The van der Waals surface area contributed by atoms with Gasteiger partial charge in [0.2, 0.25) is 0 Å². The van der Waals surface area contributed by atoms with Gasteiger partial charge in [0.15, 0.2) is 5.82 Å². The van der Waals surface area contributed by atoms with Crippen molar-refractivity contribution in [2.24, 2.45) is 16.6 Å². The van der Waals surface area contributed by atoms with E-state index in [9.17, 15) is 4.91 Å². The van der Waals surface area contributed by atoms with E-state index >= 15 is 0 Å². The molecule has 1 aromatic heterocycles. The highest BCUT2D eigenvalue weighted by Crippen LogP contribution is 2.49. The minimum Gasteiger partial charge on any atom is -0.215 e. The van der Waals surface area contributed by atoms with Gasteiger partial charge in [-0.05, 0) is 84.2 Å². The number of benzene rings is 2. The maximum Gasteiger partial charge on any atom is 0.184 e. The van der Waals surface area contributed by atoms with Crippen molar-refractivity contribution in [1.29, 1.82) is 0 Å². The zero-order valence-corrected chi connectivity index (χ0v) is 19.8. The Kier molecular flexibility index (Phi) is 6.03. The number of para-hydroxylation sites is 1. The summed E-state index contributed by atoms with van der Waals surface area (Å²) in [7, 11) is 0. The fourth-order valence-corrected chi connectivity index (χ4v) is 5.10. The average Bonchev–Trinajstić information content (AvgIpc) is 3.24. The normalized spacial score (nSPS) is 21.3. The molecule has 7 nitrogen and oxygen atoms in total. The summed E-state index contributed by atoms with van der Waals surface area (Å²) in [6.45, 7) is 8.84. The smallest absolute Gasteiger partial charge is 0.184 e. The molecule has 168 valence electrons. The summed E-state index contributed by atoms with van der Waals surface area (Å²) >= 11 is 6.27. The number of halogens is 1. The van der Waals surface area contributed by atoms with Crippen LogP contribution in [0.15, 0.2) is 53.8 Å². The minimum absolute atomic E-state index is 0.184. The number of nitroso groups, excluding NO2 is 1. The molecule has 0 saturated heterocycles. The van der Waals surface area contributed by atoms with Crippen LogP contribution in [0.3, 0.4) is 0 Å². The van der Waals surface area contributed by atoms with Crippen molar-refractivity contribution in [3.63, 3.8) is 0 Å². The number of aromatic nitrogens is 4. The first kappa shape index (κ1) is 22.4. The lowest BCUT2D eigenvalue weighted by molar-refractivity contribution is 0.123. The molecule has 1 fully saturated rings. The van der Waals surface area contributed by atoms with E-state index in [1.807, 2.05) is 43.3 Å². The van der Waals surface area contributed by atoms with Gasteiger partial charge in [-0.15, -0.1) is 10.0 Å². The Morgan fingerprint density at radius 3 is 2.47 bits per heavy atom. The Hall–Kier alpha value is -2.80. The number of tetrazole rings is 1. The van der Waals surface area contributed by atoms with Crippen LogP contribution in [0.25, 0.3) is 5.69 Å². The lowest BCUT2D eigenvalue weighted by Gasteiger charge is -2.46. The number of hydrogen-bond acceptors (Lipinski definition) is 5. The molecule has 1 aliphatic rings. The molecule has 1 heterocycles. The molecular weight excluding hydrogens is 424 g/mol. The predicted molar refractivity (Wildman–Crippen MR) is 127 cm³/mol. The van der Waals surface area contributed by atoms with E-state index in [2.05, 4.69) is 41.6 Å². The summed E-state index contributed by atoms with van der Waals surface area (Å²) in [5.41, 5.74) is 1.99. The maximum atomic E-state index is 12.4. The highest BCUT2D eigenvalue weighted by atomic mass is 35.5. The van der Waals surface area contributed by atoms with Gasteiger partial charge in [0, 0.05) is 5.02 Å². The molecule has 1 aliphatic carbocycles. The third kappa shape index (κ3) is 4.01. The van der Waals surface area contributed by atoms with Gasteiger partial charge in [0.1, 0.15) is 5.54 Å². The molecule has 0 atom stereocenters. The Morgan fingerprint density at radius 1 is 1.12 bits per heavy atom. The monoisotopic (exact) mass is 452 g/mol. The second kappa shape index (κ2) is 8.62. The van der Waals surface area contributed by atoms with Crippen LogP contribution in [0.2, 0.25) is 5.02 Å². The summed E-state index contributed by atoms with van der Waals surface area (Å²) in [6.07, 6.45) is 3.30. The molecule has 0 aliphatic heterocycles. The van der Waals surface area contributed by atoms with Crippen LogP contribution in [0.5, 0.6) is 0 Å². The highest BCUT2D eigenvalue weighted by molar-refractivity contribution is 6.30. The zero-order valence-electron chi connectivity index (χ0n) is 19.0. The van der Waals surface area contributed by atoms with E-state index in [-0.39, 0.29) is 5.41 Å². The van der Waals surface area contributed by atoms with Gasteiger partial charge in [-0.25, -0.2) is 5.01 Å². The van der Waals surface area contributed by atoms with Gasteiger partial charge in [-0.2, -0.15) is 4.68 Å². The quantitative estimate of drug-likeness (QED) is 0.338. The molecule has 3 aromatic rings. The summed E-state index contributed by atoms with van der Waals surface area (Å²) in [4.78, 5) is 12.4. The summed E-state index contributed by atoms with van der Waals surface area (Å²) in [5, 5.41) is 18.4. The molecule has 0 bridgehead atoms. The Morgan fingerprint density at radius 2 is 1.84 bits per heavy atom. The van der Waals surface area contributed by atoms with Gasteiger partial charge in [0.05, 0.1) is 16.7 Å². The van der Waals surface area contributed by atoms with Crippen molar-refractivity contribution in [1.82, 2.24) is 20.2 Å². The lowest BCUT2D eigenvalue weighted by atomic mass is 9.66. The van der Waals surface area contributed by atoms with E-state index in [0.29, 0.717) is 35.3 Å². The topological polar surface area (TPSA) is 76.3 Å². The Labute approximate surface area is 193 Å². The third-order valence-corrected chi connectivity index (χ3v) is 7.04. The summed E-state index contributed by atoms with van der Waals surface area (Å²) < 4.78 is 1.76. The lowest BCUT2D eigenvalue weighted by Crippen LogP contribution is -2.49. The largest absolute Gasteiger partial charge is 0.215 e. The second-order valence-electron chi connectivity index (χ2n) is 9.75. The molecule has 4 rings (SSSR count). The van der Waals surface area contributed by atoms with E-state index < -0.39 is 5.54 Å². The predicted octanol–water partition coefficient (Wildman–Crippen LogP) is 6.24. The molecule has 1 saturated carbocycles. The van der Waals surface area contributed by atoms with Crippen LogP contribution in [0.4, 0.5) is 5.69 Å². The maximum absolute atomic E-state index is 12.4. The van der Waals surface area contributed by atoms with Crippen LogP contribution in [-0.4, -0.2) is 20.2 Å². The van der Waals surface area contributed by atoms with Crippen molar-refractivity contribution >= 4 is 17.3 Å². The van der Waals surface area contributed by atoms with E-state index in [1.165, 1.54) is 5.01 Å². The van der Waals surface area contributed by atoms with Crippen molar-refractivity contribution < 1.29 is 0 Å². The van der Waals surface area contributed by atoms with Crippen molar-refractivity contribution in [3.8, 4) is 5.69 Å². The SMILES string of the molecule is Cc1ccccc1-n1nnnc1C1(N(N=O)c2cccc(Cl)c2)CCC(C(C)(C)C)CC1. The first-order valence-corrected chi connectivity index (χ1v) is 11.4. The number of aryl methyl sites for hydroxylation is 1. The number of rotatable bonds is 5. The van der Waals surface area contributed by atoms with Crippen molar-refractivity contribution in [2.45, 2.75) is 58.9 Å². The first-order chi connectivity index (χ1) is 15.3. The van der Waals surface area contributed by atoms with Crippen LogP contribution in [0, 0.1) is 23.2 Å². The van der Waals surface area contributed by atoms with Gasteiger partial charge in [-0.3, -0.25) is 0 Å². The van der Waals surface area contributed by atoms with Gasteiger partial charge in [0.25, 0.3) is 0 Å². The van der Waals surface area contributed by atoms with Gasteiger partial charge in [-0.1, -0.05) is 56.6 Å². The van der Waals surface area contributed by atoms with Gasteiger partial charge < -0.3 is 0 Å². The molecule has 0 spiro atoms. The number of anilines is 1. The Balaban J connectivity index is 1.86. The highest BCUT2D eigenvalue weighted by Gasteiger charge is 2.49. The van der Waals surface area contributed by atoms with Crippen LogP contribution in [-0.2, 0) is 5.54 Å². The van der Waals surface area contributed by atoms with Crippen molar-refractivity contribution in [3.05, 3.63) is 69.8 Å². The fraction of sp³-hybridized carbons (Fsp3) is 0.458. The average molecular weight is 453 g/mol. The van der Waals surface area contributed by atoms with E-state index in [0.717, 1.165) is 24.1 Å². The number of nitrogens with zero attached hydrogens (tertiary/aromatic N) is 6. The first-order valence-electron chi connectivity index (χ1n) is 11.0. The number of hydrogen-bond donors (Lipinski definition) is 0.